The fraction of sp³-hybridized carbons (Fsp3) is 0.161. The van der Waals surface area contributed by atoms with E-state index in [1.807, 2.05) is 50.5 Å². The summed E-state index contributed by atoms with van der Waals surface area (Å²) in [7, 11) is 0. The number of benzene rings is 2. The summed E-state index contributed by atoms with van der Waals surface area (Å²) in [6, 6.07) is 29.1. The van der Waals surface area contributed by atoms with Gasteiger partial charge in [-0.2, -0.15) is 5.26 Å². The lowest BCUT2D eigenvalue weighted by atomic mass is 9.92. The molecule has 2 unspecified atom stereocenters. The molecule has 2 atom stereocenters. The van der Waals surface area contributed by atoms with E-state index in [1.165, 1.54) is 11.1 Å². The second-order valence-electron chi connectivity index (χ2n) is 9.33. The molecule has 1 aliphatic rings. The molecule has 0 N–H and O–H groups in total. The van der Waals surface area contributed by atoms with Crippen molar-refractivity contribution in [2.75, 3.05) is 11.4 Å². The van der Waals surface area contributed by atoms with Crippen LogP contribution in [0.25, 0.3) is 11.1 Å². The van der Waals surface area contributed by atoms with E-state index >= 15 is 0 Å². The van der Waals surface area contributed by atoms with Gasteiger partial charge in [-0.3, -0.25) is 4.98 Å². The van der Waals surface area contributed by atoms with Gasteiger partial charge in [-0.25, -0.2) is 4.98 Å². The first-order chi connectivity index (χ1) is 18.1. The van der Waals surface area contributed by atoms with Crippen molar-refractivity contribution in [2.45, 2.75) is 25.8 Å². The quantitative estimate of drug-likeness (QED) is 0.289. The second kappa shape index (κ2) is 9.36. The first-order valence-electron chi connectivity index (χ1n) is 12.3. The van der Waals surface area contributed by atoms with Crippen molar-refractivity contribution < 1.29 is 4.52 Å². The van der Waals surface area contributed by atoms with Crippen LogP contribution in [0.4, 0.5) is 5.69 Å². The number of nitriles is 1. The number of aryl methyl sites for hydroxylation is 2. The second-order valence-corrected chi connectivity index (χ2v) is 9.33. The third-order valence-electron chi connectivity index (χ3n) is 7.11. The monoisotopic (exact) mass is 483 g/mol. The highest BCUT2D eigenvalue weighted by Gasteiger charge is 2.36. The molecule has 6 nitrogen and oxygen atoms in total. The van der Waals surface area contributed by atoms with Crippen LogP contribution in [-0.4, -0.2) is 21.7 Å². The van der Waals surface area contributed by atoms with E-state index in [4.69, 9.17) is 9.51 Å². The Balaban J connectivity index is 1.54. The summed E-state index contributed by atoms with van der Waals surface area (Å²) in [5, 5.41) is 13.4. The maximum atomic E-state index is 9.24. The summed E-state index contributed by atoms with van der Waals surface area (Å²) in [6.45, 7) is 4.68. The van der Waals surface area contributed by atoms with Crippen molar-refractivity contribution >= 4 is 5.69 Å². The fourth-order valence-corrected chi connectivity index (χ4v) is 5.42. The molecule has 0 radical (unpaired) electrons. The smallest absolute Gasteiger partial charge is 0.141 e. The minimum absolute atomic E-state index is 0.0718. The molecule has 4 heterocycles. The molecule has 3 aromatic heterocycles. The molecular weight excluding hydrogens is 458 g/mol. The first-order valence-corrected chi connectivity index (χ1v) is 12.3. The Morgan fingerprint density at radius 1 is 0.973 bits per heavy atom. The van der Waals surface area contributed by atoms with E-state index in [0.717, 1.165) is 46.1 Å². The van der Waals surface area contributed by atoms with Gasteiger partial charge in [0.15, 0.2) is 0 Å². The first kappa shape index (κ1) is 22.7. The third kappa shape index (κ3) is 4.05. The number of nitrogens with zero attached hydrogens (tertiary/aromatic N) is 5. The molecule has 0 aliphatic carbocycles. The number of anilines is 1. The molecule has 6 heteroatoms. The molecule has 0 bridgehead atoms. The summed E-state index contributed by atoms with van der Waals surface area (Å²) in [4.78, 5) is 11.6. The van der Waals surface area contributed by atoms with E-state index in [1.54, 1.807) is 6.07 Å². The molecular formula is C31H25N5O. The van der Waals surface area contributed by atoms with Gasteiger partial charge in [0, 0.05) is 36.1 Å². The normalized spacial score (nSPS) is 15.3. The molecule has 0 amide bonds. The molecule has 0 saturated carbocycles. The van der Waals surface area contributed by atoms with Crippen LogP contribution < -0.4 is 4.90 Å². The number of aromatic nitrogens is 3. The van der Waals surface area contributed by atoms with Crippen molar-refractivity contribution in [1.82, 2.24) is 15.1 Å². The summed E-state index contributed by atoms with van der Waals surface area (Å²) in [5.41, 5.74) is 9.01. The van der Waals surface area contributed by atoms with Crippen molar-refractivity contribution in [2.24, 2.45) is 0 Å². The standard InChI is InChI=1S/C31H25N5O/c1-20-30(21(2)37-35-20)23-12-14-26-27(24-11-13-25(17-32)34-18-24)19-36(29(26)16-23)31(22-8-4-3-5-9-22)28-10-6-7-15-33-28/h3-16,18,27,31H,19H2,1-2H3. The Kier molecular flexibility index (Phi) is 5.74. The average Bonchev–Trinajstić information content (AvgIpc) is 3.49. The number of fused-ring (bicyclic) bond motifs is 1. The van der Waals surface area contributed by atoms with Gasteiger partial charge in [-0.05, 0) is 60.4 Å². The molecule has 5 aromatic rings. The van der Waals surface area contributed by atoms with Gasteiger partial charge in [0.05, 0.1) is 17.4 Å². The Hall–Kier alpha value is -4.76. The molecule has 1 aliphatic heterocycles. The summed E-state index contributed by atoms with van der Waals surface area (Å²) in [5.74, 6) is 0.906. The van der Waals surface area contributed by atoms with Gasteiger partial charge in [0.2, 0.25) is 0 Å². The van der Waals surface area contributed by atoms with Gasteiger partial charge in [-0.15, -0.1) is 0 Å². The Morgan fingerprint density at radius 2 is 1.81 bits per heavy atom. The lowest BCUT2D eigenvalue weighted by Gasteiger charge is -2.31. The van der Waals surface area contributed by atoms with Crippen molar-refractivity contribution in [3.8, 4) is 17.2 Å². The van der Waals surface area contributed by atoms with Crippen LogP contribution >= 0.6 is 0 Å². The van der Waals surface area contributed by atoms with Crippen molar-refractivity contribution in [3.05, 3.63) is 131 Å². The van der Waals surface area contributed by atoms with Crippen LogP contribution in [0, 0.1) is 25.2 Å². The van der Waals surface area contributed by atoms with E-state index in [9.17, 15) is 5.26 Å². The van der Waals surface area contributed by atoms with Crippen LogP contribution in [-0.2, 0) is 0 Å². The van der Waals surface area contributed by atoms with E-state index in [0.29, 0.717) is 5.69 Å². The van der Waals surface area contributed by atoms with Gasteiger partial charge < -0.3 is 9.42 Å². The Bertz CT molecular complexity index is 1530. The highest BCUT2D eigenvalue weighted by molar-refractivity contribution is 5.76. The van der Waals surface area contributed by atoms with Crippen LogP contribution in [0.1, 0.15) is 51.5 Å². The fourth-order valence-electron chi connectivity index (χ4n) is 5.42. The number of hydrogen-bond acceptors (Lipinski definition) is 6. The molecule has 0 fully saturated rings. The lowest BCUT2D eigenvalue weighted by Crippen LogP contribution is -2.29. The predicted octanol–water partition coefficient (Wildman–Crippen LogP) is 6.36. The van der Waals surface area contributed by atoms with Crippen molar-refractivity contribution in [1.29, 1.82) is 5.26 Å². The number of hydrogen-bond donors (Lipinski definition) is 0. The zero-order valence-electron chi connectivity index (χ0n) is 20.7. The third-order valence-corrected chi connectivity index (χ3v) is 7.11. The molecule has 0 spiro atoms. The molecule has 2 aromatic carbocycles. The summed E-state index contributed by atoms with van der Waals surface area (Å²) in [6.07, 6.45) is 3.68. The zero-order chi connectivity index (χ0) is 25.4. The molecule has 6 rings (SSSR count). The average molecular weight is 484 g/mol. The van der Waals surface area contributed by atoms with E-state index < -0.39 is 0 Å². The highest BCUT2D eigenvalue weighted by Crippen LogP contribution is 2.47. The largest absolute Gasteiger partial charge is 0.361 e. The van der Waals surface area contributed by atoms with Crippen molar-refractivity contribution in [3.63, 3.8) is 0 Å². The minimum atomic E-state index is -0.0718. The lowest BCUT2D eigenvalue weighted by molar-refractivity contribution is 0.393. The van der Waals surface area contributed by atoms with E-state index in [-0.39, 0.29) is 12.0 Å². The van der Waals surface area contributed by atoms with Gasteiger partial charge >= 0.3 is 0 Å². The van der Waals surface area contributed by atoms with Gasteiger partial charge in [0.1, 0.15) is 17.5 Å². The highest BCUT2D eigenvalue weighted by atomic mass is 16.5. The number of rotatable bonds is 5. The molecule has 0 saturated heterocycles. The Labute approximate surface area is 215 Å². The van der Waals surface area contributed by atoms with Crippen LogP contribution in [0.5, 0.6) is 0 Å². The van der Waals surface area contributed by atoms with Gasteiger partial charge in [0.25, 0.3) is 0 Å². The SMILES string of the molecule is Cc1noc(C)c1-c1ccc2c(c1)N(C(c1ccccc1)c1ccccn1)CC2c1ccc(C#N)nc1. The van der Waals surface area contributed by atoms with Gasteiger partial charge in [-0.1, -0.05) is 59.8 Å². The molecule has 37 heavy (non-hydrogen) atoms. The maximum Gasteiger partial charge on any atom is 0.141 e. The minimum Gasteiger partial charge on any atom is -0.361 e. The van der Waals surface area contributed by atoms with Crippen LogP contribution in [0.2, 0.25) is 0 Å². The number of pyridine rings is 2. The zero-order valence-corrected chi connectivity index (χ0v) is 20.7. The van der Waals surface area contributed by atoms with E-state index in [2.05, 4.69) is 69.6 Å². The maximum absolute atomic E-state index is 9.24. The van der Waals surface area contributed by atoms with Crippen LogP contribution in [0.3, 0.4) is 0 Å². The summed E-state index contributed by atoms with van der Waals surface area (Å²) >= 11 is 0. The van der Waals surface area contributed by atoms with Crippen LogP contribution in [0.15, 0.2) is 95.8 Å². The topological polar surface area (TPSA) is 78.8 Å². The Morgan fingerprint density at radius 3 is 2.49 bits per heavy atom. The predicted molar refractivity (Wildman–Crippen MR) is 142 cm³/mol. The summed E-state index contributed by atoms with van der Waals surface area (Å²) < 4.78 is 5.49. The molecule has 180 valence electrons.